The van der Waals surface area contributed by atoms with Crippen molar-refractivity contribution in [3.8, 4) is 0 Å². The lowest BCUT2D eigenvalue weighted by atomic mass is 9.69. The number of aliphatic hydroxyl groups is 1. The Labute approximate surface area is 108 Å². The Morgan fingerprint density at radius 1 is 0.667 bits per heavy atom. The number of carbonyl (C=O) groups is 1. The predicted molar refractivity (Wildman–Crippen MR) is 41.9 cm³/mol. The Bertz CT molecular complexity index is 441. The van der Waals surface area contributed by atoms with Gasteiger partial charge in [-0.3, -0.25) is 4.79 Å². The van der Waals surface area contributed by atoms with Crippen molar-refractivity contribution >= 4 is 5.97 Å². The fourth-order valence-electron chi connectivity index (χ4n) is 1.75. The summed E-state index contributed by atoms with van der Waals surface area (Å²) in [5, 5.41) is 16.9. The molecule has 1 saturated carbocycles. The molecule has 0 saturated heterocycles. The number of carboxylic acids is 1. The third kappa shape index (κ3) is 1.57. The van der Waals surface area contributed by atoms with Gasteiger partial charge in [-0.25, -0.2) is 0 Å². The molecule has 13 heteroatoms. The summed E-state index contributed by atoms with van der Waals surface area (Å²) >= 11 is 0. The van der Waals surface area contributed by atoms with Crippen molar-refractivity contribution in [3.63, 3.8) is 0 Å². The first-order chi connectivity index (χ1) is 8.92. The molecule has 21 heavy (non-hydrogen) atoms. The molecule has 0 aromatic rings. The van der Waals surface area contributed by atoms with Gasteiger partial charge in [0, 0.05) is 0 Å². The van der Waals surface area contributed by atoms with Crippen molar-refractivity contribution in [2.45, 2.75) is 41.6 Å². The molecule has 0 unspecified atom stereocenters. The zero-order valence-corrected chi connectivity index (χ0v) is 9.29. The van der Waals surface area contributed by atoms with Crippen LogP contribution in [0.2, 0.25) is 0 Å². The molecule has 124 valence electrons. The van der Waals surface area contributed by atoms with Gasteiger partial charge in [0.25, 0.3) is 0 Å². The minimum atomic E-state index is -7.24. The Balaban J connectivity index is 3.78. The van der Waals surface area contributed by atoms with E-state index < -0.39 is 47.6 Å². The third-order valence-corrected chi connectivity index (χ3v) is 3.02. The van der Waals surface area contributed by atoms with Crippen molar-refractivity contribution in [1.29, 1.82) is 0 Å². The maximum absolute atomic E-state index is 13.2. The molecule has 1 aliphatic carbocycles. The van der Waals surface area contributed by atoms with Crippen LogP contribution in [0.4, 0.5) is 43.9 Å². The van der Waals surface area contributed by atoms with E-state index in [1.165, 1.54) is 0 Å². The van der Waals surface area contributed by atoms with Crippen molar-refractivity contribution < 1.29 is 58.9 Å². The number of hydrogen-bond donors (Lipinski definition) is 2. The SMILES string of the molecule is O=C(O)CC1(O)C(F)(F)C(F)(F)C(F)(F)C(F)(F)C1(F)F. The molecular weight excluding hydrogens is 334 g/mol. The van der Waals surface area contributed by atoms with Crippen LogP contribution in [0.1, 0.15) is 6.42 Å². The lowest BCUT2D eigenvalue weighted by molar-refractivity contribution is -0.495. The fraction of sp³-hybridized carbons (Fsp3) is 0.875. The van der Waals surface area contributed by atoms with Crippen LogP contribution in [0.3, 0.4) is 0 Å². The molecule has 0 atom stereocenters. The molecule has 0 aliphatic heterocycles. The first-order valence-corrected chi connectivity index (χ1v) is 4.75. The Morgan fingerprint density at radius 2 is 0.905 bits per heavy atom. The molecule has 0 heterocycles. The van der Waals surface area contributed by atoms with E-state index in [0.29, 0.717) is 0 Å². The third-order valence-electron chi connectivity index (χ3n) is 3.02. The van der Waals surface area contributed by atoms with Crippen LogP contribution < -0.4 is 0 Å². The summed E-state index contributed by atoms with van der Waals surface area (Å²) in [5.41, 5.74) is -5.93. The minimum Gasteiger partial charge on any atom is -0.481 e. The summed E-state index contributed by atoms with van der Waals surface area (Å²) < 4.78 is 130. The van der Waals surface area contributed by atoms with Gasteiger partial charge in [-0.15, -0.1) is 0 Å². The summed E-state index contributed by atoms with van der Waals surface area (Å²) in [6.07, 6.45) is -3.02. The molecule has 0 amide bonds. The monoisotopic (exact) mass is 338 g/mol. The largest absolute Gasteiger partial charge is 0.481 e. The lowest BCUT2D eigenvalue weighted by Gasteiger charge is -2.53. The number of alkyl halides is 10. The van der Waals surface area contributed by atoms with Crippen molar-refractivity contribution in [2.24, 2.45) is 0 Å². The van der Waals surface area contributed by atoms with Gasteiger partial charge in [-0.1, -0.05) is 0 Å². The predicted octanol–water partition coefficient (Wildman–Crippen LogP) is 2.38. The van der Waals surface area contributed by atoms with E-state index in [9.17, 15) is 48.7 Å². The first-order valence-electron chi connectivity index (χ1n) is 4.75. The second kappa shape index (κ2) is 3.93. The van der Waals surface area contributed by atoms with E-state index in [1.54, 1.807) is 0 Å². The van der Waals surface area contributed by atoms with Crippen LogP contribution in [0, 0.1) is 0 Å². The first kappa shape index (κ1) is 17.8. The maximum Gasteiger partial charge on any atom is 0.384 e. The van der Waals surface area contributed by atoms with Gasteiger partial charge < -0.3 is 10.2 Å². The van der Waals surface area contributed by atoms with Gasteiger partial charge in [0.2, 0.25) is 5.60 Å². The van der Waals surface area contributed by atoms with Gasteiger partial charge >= 0.3 is 35.6 Å². The van der Waals surface area contributed by atoms with Crippen LogP contribution in [-0.4, -0.2) is 51.4 Å². The highest BCUT2D eigenvalue weighted by Gasteiger charge is 3.00. The number of carboxylic acid groups (broad SMARTS) is 1. The van der Waals surface area contributed by atoms with Gasteiger partial charge in [-0.2, -0.15) is 43.9 Å². The highest BCUT2D eigenvalue weighted by Crippen LogP contribution is 2.68. The molecule has 0 aromatic heterocycles. The second-order valence-electron chi connectivity index (χ2n) is 4.30. The van der Waals surface area contributed by atoms with Crippen LogP contribution in [-0.2, 0) is 4.79 Å². The number of halogens is 10. The van der Waals surface area contributed by atoms with Crippen LogP contribution in [0.5, 0.6) is 0 Å². The van der Waals surface area contributed by atoms with Crippen molar-refractivity contribution in [3.05, 3.63) is 0 Å². The molecule has 1 aliphatic rings. The molecule has 0 bridgehead atoms. The molecule has 0 aromatic carbocycles. The summed E-state index contributed by atoms with van der Waals surface area (Å²) in [7, 11) is 0. The minimum absolute atomic E-state index is 2.81. The maximum atomic E-state index is 13.2. The van der Waals surface area contributed by atoms with Crippen molar-refractivity contribution in [2.75, 3.05) is 0 Å². The lowest BCUT2D eigenvalue weighted by Crippen LogP contribution is -2.85. The van der Waals surface area contributed by atoms with E-state index in [2.05, 4.69) is 0 Å². The topological polar surface area (TPSA) is 57.5 Å². The van der Waals surface area contributed by atoms with Crippen molar-refractivity contribution in [1.82, 2.24) is 0 Å². The highest BCUT2D eigenvalue weighted by molar-refractivity contribution is 5.69. The zero-order chi connectivity index (χ0) is 17.3. The average molecular weight is 338 g/mol. The summed E-state index contributed by atoms with van der Waals surface area (Å²) in [4.78, 5) is 10.1. The molecular formula is C8H4F10O3. The Kier molecular flexibility index (Phi) is 3.32. The van der Waals surface area contributed by atoms with E-state index in [-0.39, 0.29) is 0 Å². The molecule has 3 nitrogen and oxygen atoms in total. The average Bonchev–Trinajstić information content (AvgIpc) is 2.25. The van der Waals surface area contributed by atoms with E-state index in [1.807, 2.05) is 0 Å². The quantitative estimate of drug-likeness (QED) is 0.760. The van der Waals surface area contributed by atoms with Crippen LogP contribution in [0.25, 0.3) is 0 Å². The van der Waals surface area contributed by atoms with E-state index >= 15 is 0 Å². The van der Waals surface area contributed by atoms with E-state index in [0.717, 1.165) is 0 Å². The van der Waals surface area contributed by atoms with Crippen LogP contribution in [0.15, 0.2) is 0 Å². The molecule has 1 rings (SSSR count). The zero-order valence-electron chi connectivity index (χ0n) is 9.29. The van der Waals surface area contributed by atoms with Gasteiger partial charge in [0.15, 0.2) is 0 Å². The normalized spacial score (nSPS) is 30.6. The van der Waals surface area contributed by atoms with E-state index in [4.69, 9.17) is 10.2 Å². The molecule has 2 N–H and O–H groups in total. The van der Waals surface area contributed by atoms with Crippen LogP contribution >= 0.6 is 0 Å². The van der Waals surface area contributed by atoms with Gasteiger partial charge in [-0.05, 0) is 0 Å². The molecule has 0 radical (unpaired) electrons. The Hall–Kier alpha value is -1.27. The second-order valence-corrected chi connectivity index (χ2v) is 4.30. The van der Waals surface area contributed by atoms with Gasteiger partial charge in [0.1, 0.15) is 0 Å². The van der Waals surface area contributed by atoms with Gasteiger partial charge in [0.05, 0.1) is 6.42 Å². The summed E-state index contributed by atoms with van der Waals surface area (Å²) in [5.74, 6) is -38.0. The number of rotatable bonds is 2. The summed E-state index contributed by atoms with van der Waals surface area (Å²) in [6.45, 7) is 0. The molecule has 1 fully saturated rings. The smallest absolute Gasteiger partial charge is 0.384 e. The number of aliphatic carboxylic acids is 1. The number of hydrogen-bond acceptors (Lipinski definition) is 2. The summed E-state index contributed by atoms with van der Waals surface area (Å²) in [6, 6.07) is 0. The highest BCUT2D eigenvalue weighted by atomic mass is 19.4. The Morgan fingerprint density at radius 3 is 1.14 bits per heavy atom. The standard InChI is InChI=1S/C8H4F10O3/c9-4(10)3(21,1-2(19)20)5(11,12)7(15,16)8(17,18)6(4,13)14/h21H,1H2,(H,19,20). The molecule has 0 spiro atoms. The fourth-order valence-corrected chi connectivity index (χ4v) is 1.75.